The molecule has 2 rings (SSSR count). The molecule has 8 heteroatoms. The molecule has 0 spiro atoms. The summed E-state index contributed by atoms with van der Waals surface area (Å²) in [7, 11) is -4.18. The Bertz CT molecular complexity index is 591. The zero-order chi connectivity index (χ0) is 15.6. The van der Waals surface area contributed by atoms with Gasteiger partial charge in [0.05, 0.1) is 0 Å². The number of nitrogens with zero attached hydrogens (tertiary/aromatic N) is 2. The van der Waals surface area contributed by atoms with Crippen LogP contribution < -0.4 is 5.73 Å². The van der Waals surface area contributed by atoms with E-state index in [9.17, 15) is 17.2 Å². The molecule has 118 valence electrons. The lowest BCUT2D eigenvalue weighted by Crippen LogP contribution is -2.48. The Morgan fingerprint density at radius 3 is 2.14 bits per heavy atom. The van der Waals surface area contributed by atoms with E-state index >= 15 is 0 Å². The van der Waals surface area contributed by atoms with Gasteiger partial charge in [0, 0.05) is 31.9 Å². The molecule has 0 atom stereocenters. The smallest absolute Gasteiger partial charge is 0.249 e. The number of halogens is 2. The fourth-order valence-corrected chi connectivity index (χ4v) is 3.98. The largest absolute Gasteiger partial charge is 0.399 e. The average Bonchev–Trinajstić information content (AvgIpc) is 2.38. The van der Waals surface area contributed by atoms with Gasteiger partial charge < -0.3 is 10.6 Å². The Labute approximate surface area is 123 Å². The zero-order valence-electron chi connectivity index (χ0n) is 11.8. The highest BCUT2D eigenvalue weighted by atomic mass is 32.2. The van der Waals surface area contributed by atoms with E-state index in [1.807, 2.05) is 6.92 Å². The minimum absolute atomic E-state index is 0.142. The fraction of sp³-hybridized carbons (Fsp3) is 0.538. The molecule has 1 aliphatic rings. The SMILES string of the molecule is CCCN1CCN(S(=O)(=O)c2c(F)cc(N)cc2F)CC1. The third kappa shape index (κ3) is 3.33. The molecule has 0 radical (unpaired) electrons. The molecular formula is C13H19F2N3O2S. The first kappa shape index (κ1) is 16.1. The van der Waals surface area contributed by atoms with Crippen molar-refractivity contribution in [2.24, 2.45) is 0 Å². The first-order valence-electron chi connectivity index (χ1n) is 6.83. The van der Waals surface area contributed by atoms with Crippen LogP contribution in [0.2, 0.25) is 0 Å². The van der Waals surface area contributed by atoms with E-state index in [0.717, 1.165) is 29.4 Å². The summed E-state index contributed by atoms with van der Waals surface area (Å²) in [6.45, 7) is 4.51. The van der Waals surface area contributed by atoms with Gasteiger partial charge >= 0.3 is 0 Å². The van der Waals surface area contributed by atoms with Crippen molar-refractivity contribution in [1.29, 1.82) is 0 Å². The van der Waals surface area contributed by atoms with E-state index in [-0.39, 0.29) is 18.8 Å². The molecule has 1 heterocycles. The van der Waals surface area contributed by atoms with Crippen LogP contribution in [0.5, 0.6) is 0 Å². The molecule has 1 fully saturated rings. The molecule has 0 aromatic heterocycles. The molecule has 21 heavy (non-hydrogen) atoms. The van der Waals surface area contributed by atoms with Gasteiger partial charge in [0.15, 0.2) is 4.90 Å². The highest BCUT2D eigenvalue weighted by molar-refractivity contribution is 7.89. The number of anilines is 1. The monoisotopic (exact) mass is 319 g/mol. The number of nitrogen functional groups attached to an aromatic ring is 1. The van der Waals surface area contributed by atoms with Crippen molar-refractivity contribution in [1.82, 2.24) is 9.21 Å². The highest BCUT2D eigenvalue weighted by Gasteiger charge is 2.33. The van der Waals surface area contributed by atoms with Crippen molar-refractivity contribution < 1.29 is 17.2 Å². The second kappa shape index (κ2) is 6.25. The molecule has 1 saturated heterocycles. The van der Waals surface area contributed by atoms with Crippen LogP contribution in [0.15, 0.2) is 17.0 Å². The molecule has 1 aromatic rings. The minimum atomic E-state index is -4.18. The van der Waals surface area contributed by atoms with Crippen LogP contribution >= 0.6 is 0 Å². The van der Waals surface area contributed by atoms with Crippen molar-refractivity contribution in [2.45, 2.75) is 18.2 Å². The topological polar surface area (TPSA) is 66.6 Å². The zero-order valence-corrected chi connectivity index (χ0v) is 12.7. The van der Waals surface area contributed by atoms with Gasteiger partial charge in [0.25, 0.3) is 0 Å². The van der Waals surface area contributed by atoms with Crippen molar-refractivity contribution in [2.75, 3.05) is 38.5 Å². The van der Waals surface area contributed by atoms with Gasteiger partial charge in [-0.2, -0.15) is 4.31 Å². The van der Waals surface area contributed by atoms with Crippen LogP contribution in [0.25, 0.3) is 0 Å². The third-order valence-electron chi connectivity index (χ3n) is 3.49. The predicted molar refractivity (Wildman–Crippen MR) is 76.3 cm³/mol. The van der Waals surface area contributed by atoms with Crippen LogP contribution in [0.1, 0.15) is 13.3 Å². The number of rotatable bonds is 4. The summed E-state index contributed by atoms with van der Waals surface area (Å²) in [4.78, 5) is 1.21. The minimum Gasteiger partial charge on any atom is -0.399 e. The molecule has 0 unspecified atom stereocenters. The lowest BCUT2D eigenvalue weighted by molar-refractivity contribution is 0.188. The number of benzene rings is 1. The normalized spacial score (nSPS) is 18.0. The van der Waals surface area contributed by atoms with Crippen molar-refractivity contribution >= 4 is 15.7 Å². The molecule has 1 aromatic carbocycles. The number of hydrogen-bond acceptors (Lipinski definition) is 4. The maximum atomic E-state index is 13.8. The second-order valence-electron chi connectivity index (χ2n) is 5.06. The molecular weight excluding hydrogens is 300 g/mol. The summed E-state index contributed by atoms with van der Waals surface area (Å²) in [6, 6.07) is 1.65. The Morgan fingerprint density at radius 2 is 1.67 bits per heavy atom. The van der Waals surface area contributed by atoms with E-state index in [2.05, 4.69) is 4.90 Å². The number of sulfonamides is 1. The summed E-state index contributed by atoms with van der Waals surface area (Å²) in [5.41, 5.74) is 5.16. The number of piperazine rings is 1. The van der Waals surface area contributed by atoms with Gasteiger partial charge in [-0.3, -0.25) is 0 Å². The van der Waals surface area contributed by atoms with Crippen molar-refractivity contribution in [3.63, 3.8) is 0 Å². The lowest BCUT2D eigenvalue weighted by Gasteiger charge is -2.33. The van der Waals surface area contributed by atoms with Crippen LogP contribution in [0.3, 0.4) is 0 Å². The maximum Gasteiger partial charge on any atom is 0.249 e. The van der Waals surface area contributed by atoms with Crippen LogP contribution in [0, 0.1) is 11.6 Å². The predicted octanol–water partition coefficient (Wildman–Crippen LogP) is 1.26. The van der Waals surface area contributed by atoms with Gasteiger partial charge in [0.2, 0.25) is 10.0 Å². The van der Waals surface area contributed by atoms with Gasteiger partial charge in [0.1, 0.15) is 11.6 Å². The van der Waals surface area contributed by atoms with E-state index in [1.54, 1.807) is 0 Å². The average molecular weight is 319 g/mol. The second-order valence-corrected chi connectivity index (χ2v) is 6.93. The summed E-state index contributed by atoms with van der Waals surface area (Å²) < 4.78 is 53.6. The first-order valence-corrected chi connectivity index (χ1v) is 8.27. The molecule has 2 N–H and O–H groups in total. The van der Waals surface area contributed by atoms with E-state index in [1.165, 1.54) is 0 Å². The Balaban J connectivity index is 2.24. The fourth-order valence-electron chi connectivity index (χ4n) is 2.46. The van der Waals surface area contributed by atoms with Gasteiger partial charge in [-0.25, -0.2) is 17.2 Å². The van der Waals surface area contributed by atoms with Gasteiger partial charge in [-0.15, -0.1) is 0 Å². The summed E-state index contributed by atoms with van der Waals surface area (Å²) in [5.74, 6) is -2.30. The van der Waals surface area contributed by atoms with E-state index in [4.69, 9.17) is 5.73 Å². The quantitative estimate of drug-likeness (QED) is 0.849. The molecule has 1 aliphatic heterocycles. The number of hydrogen-bond donors (Lipinski definition) is 1. The Hall–Kier alpha value is -1.25. The van der Waals surface area contributed by atoms with Crippen LogP contribution in [-0.4, -0.2) is 50.3 Å². The molecule has 5 nitrogen and oxygen atoms in total. The standard InChI is InChI=1S/C13H19F2N3O2S/c1-2-3-17-4-6-18(7-5-17)21(19,20)13-11(14)8-10(16)9-12(13)15/h8-9H,2-7,16H2,1H3. The summed E-state index contributed by atoms with van der Waals surface area (Å²) in [6.07, 6.45) is 0.980. The lowest BCUT2D eigenvalue weighted by atomic mass is 10.3. The molecule has 0 bridgehead atoms. The van der Waals surface area contributed by atoms with Crippen molar-refractivity contribution in [3.8, 4) is 0 Å². The van der Waals surface area contributed by atoms with Gasteiger partial charge in [-0.1, -0.05) is 6.92 Å². The van der Waals surface area contributed by atoms with Gasteiger partial charge in [-0.05, 0) is 25.1 Å². The van der Waals surface area contributed by atoms with E-state index in [0.29, 0.717) is 13.1 Å². The Kier molecular flexibility index (Phi) is 4.80. The third-order valence-corrected chi connectivity index (χ3v) is 5.44. The van der Waals surface area contributed by atoms with Crippen LogP contribution in [0.4, 0.5) is 14.5 Å². The summed E-state index contributed by atoms with van der Waals surface area (Å²) >= 11 is 0. The first-order chi connectivity index (χ1) is 9.86. The Morgan fingerprint density at radius 1 is 1.14 bits per heavy atom. The van der Waals surface area contributed by atoms with E-state index < -0.39 is 26.6 Å². The molecule has 0 aliphatic carbocycles. The summed E-state index contributed by atoms with van der Waals surface area (Å²) in [5, 5.41) is 0. The van der Waals surface area contributed by atoms with Crippen LogP contribution in [-0.2, 0) is 10.0 Å². The molecule has 0 amide bonds. The number of nitrogens with two attached hydrogens (primary N) is 1. The highest BCUT2D eigenvalue weighted by Crippen LogP contribution is 2.25. The van der Waals surface area contributed by atoms with Crippen molar-refractivity contribution in [3.05, 3.63) is 23.8 Å². The molecule has 0 saturated carbocycles. The maximum absolute atomic E-state index is 13.8.